The lowest BCUT2D eigenvalue weighted by Gasteiger charge is -2.32. The Bertz CT molecular complexity index is 666. The van der Waals surface area contributed by atoms with Crippen LogP contribution in [-0.4, -0.2) is 49.6 Å². The number of rotatable bonds is 3. The second-order valence-electron chi connectivity index (χ2n) is 5.39. The summed E-state index contributed by atoms with van der Waals surface area (Å²) in [6.45, 7) is 0.653. The van der Waals surface area contributed by atoms with Crippen molar-refractivity contribution in [2.24, 2.45) is 0 Å². The van der Waals surface area contributed by atoms with Crippen LogP contribution in [0, 0.1) is 0 Å². The van der Waals surface area contributed by atoms with Gasteiger partial charge in [-0.2, -0.15) is 13.2 Å². The minimum atomic E-state index is -4.54. The number of hydrogen-bond acceptors (Lipinski definition) is 4. The molecule has 0 aliphatic carbocycles. The number of hydrogen-bond donors (Lipinski definition) is 1. The monoisotopic (exact) mass is 351 g/mol. The summed E-state index contributed by atoms with van der Waals surface area (Å²) < 4.78 is 62.1. The predicted octanol–water partition coefficient (Wildman–Crippen LogP) is 1.25. The third kappa shape index (κ3) is 4.90. The molecule has 0 atom stereocenters. The molecule has 1 aromatic heterocycles. The fourth-order valence-corrected chi connectivity index (χ4v) is 3.22. The fraction of sp³-hybridized carbons (Fsp3) is 0.538. The van der Waals surface area contributed by atoms with Crippen molar-refractivity contribution in [2.75, 3.05) is 19.3 Å². The number of aromatic nitrogens is 1. The zero-order valence-electron chi connectivity index (χ0n) is 12.3. The SMILES string of the molecule is CS(=O)(=O)NC1CCN(C(=O)c2ccc(C(F)(F)F)nc2)CC1. The summed E-state index contributed by atoms with van der Waals surface area (Å²) >= 11 is 0. The first kappa shape index (κ1) is 17.7. The van der Waals surface area contributed by atoms with Crippen molar-refractivity contribution in [1.29, 1.82) is 0 Å². The lowest BCUT2D eigenvalue weighted by Crippen LogP contribution is -2.46. The number of pyridine rings is 1. The molecular weight excluding hydrogens is 335 g/mol. The highest BCUT2D eigenvalue weighted by atomic mass is 32.2. The van der Waals surface area contributed by atoms with E-state index in [0.717, 1.165) is 24.6 Å². The Morgan fingerprint density at radius 3 is 2.35 bits per heavy atom. The zero-order valence-corrected chi connectivity index (χ0v) is 13.1. The topological polar surface area (TPSA) is 79.4 Å². The van der Waals surface area contributed by atoms with Crippen LogP contribution in [0.2, 0.25) is 0 Å². The Labute approximate surface area is 131 Å². The molecule has 1 N–H and O–H groups in total. The number of carbonyl (C=O) groups excluding carboxylic acids is 1. The van der Waals surface area contributed by atoms with E-state index in [1.165, 1.54) is 4.90 Å². The molecule has 1 aliphatic rings. The quantitative estimate of drug-likeness (QED) is 0.889. The molecule has 1 aromatic rings. The molecule has 6 nitrogen and oxygen atoms in total. The summed E-state index contributed by atoms with van der Waals surface area (Å²) in [5.41, 5.74) is -0.974. The molecule has 10 heteroatoms. The molecule has 128 valence electrons. The standard InChI is InChI=1S/C13H16F3N3O3S/c1-23(21,22)18-10-4-6-19(7-5-10)12(20)9-2-3-11(17-8-9)13(14,15)16/h2-3,8,10,18H,4-7H2,1H3. The highest BCUT2D eigenvalue weighted by molar-refractivity contribution is 7.88. The largest absolute Gasteiger partial charge is 0.433 e. The van der Waals surface area contributed by atoms with Crippen LogP contribution in [0.25, 0.3) is 0 Å². The molecule has 1 saturated heterocycles. The molecule has 2 heterocycles. The lowest BCUT2D eigenvalue weighted by atomic mass is 10.1. The Morgan fingerprint density at radius 1 is 1.30 bits per heavy atom. The van der Waals surface area contributed by atoms with Gasteiger partial charge in [-0.05, 0) is 25.0 Å². The van der Waals surface area contributed by atoms with Gasteiger partial charge in [0.15, 0.2) is 0 Å². The number of alkyl halides is 3. The van der Waals surface area contributed by atoms with Crippen LogP contribution in [0.5, 0.6) is 0 Å². The van der Waals surface area contributed by atoms with Crippen LogP contribution in [0.4, 0.5) is 13.2 Å². The van der Waals surface area contributed by atoms with Crippen molar-refractivity contribution >= 4 is 15.9 Å². The Hall–Kier alpha value is -1.68. The second kappa shape index (κ2) is 6.44. The smallest absolute Gasteiger partial charge is 0.338 e. The minimum absolute atomic E-state index is 0.0764. The van der Waals surface area contributed by atoms with Crippen LogP contribution in [0.15, 0.2) is 18.3 Å². The zero-order chi connectivity index (χ0) is 17.3. The number of nitrogens with zero attached hydrogens (tertiary/aromatic N) is 2. The highest BCUT2D eigenvalue weighted by Crippen LogP contribution is 2.27. The number of likely N-dealkylation sites (tertiary alicyclic amines) is 1. The summed E-state index contributed by atoms with van der Waals surface area (Å²) in [6, 6.07) is 1.63. The second-order valence-corrected chi connectivity index (χ2v) is 7.17. The molecule has 1 fully saturated rings. The fourth-order valence-electron chi connectivity index (χ4n) is 2.37. The first-order valence-corrected chi connectivity index (χ1v) is 8.75. The molecule has 0 saturated carbocycles. The molecule has 0 aromatic carbocycles. The van der Waals surface area contributed by atoms with Gasteiger partial charge < -0.3 is 4.90 Å². The number of sulfonamides is 1. The maximum atomic E-state index is 12.4. The third-order valence-electron chi connectivity index (χ3n) is 3.46. The Balaban J connectivity index is 1.97. The van der Waals surface area contributed by atoms with Gasteiger partial charge in [0, 0.05) is 25.3 Å². The van der Waals surface area contributed by atoms with E-state index in [1.807, 2.05) is 0 Å². The van der Waals surface area contributed by atoms with Gasteiger partial charge in [0.25, 0.3) is 5.91 Å². The van der Waals surface area contributed by atoms with Gasteiger partial charge in [0.2, 0.25) is 10.0 Å². The number of amides is 1. The van der Waals surface area contributed by atoms with Crippen LogP contribution in [0.1, 0.15) is 28.9 Å². The van der Waals surface area contributed by atoms with E-state index in [2.05, 4.69) is 9.71 Å². The molecule has 1 amide bonds. The predicted molar refractivity (Wildman–Crippen MR) is 76.1 cm³/mol. The first-order chi connectivity index (χ1) is 10.6. The summed E-state index contributed by atoms with van der Waals surface area (Å²) in [4.78, 5) is 17.0. The average Bonchev–Trinajstić information content (AvgIpc) is 2.45. The molecule has 0 unspecified atom stereocenters. The van der Waals surface area contributed by atoms with E-state index in [4.69, 9.17) is 0 Å². The van der Waals surface area contributed by atoms with Crippen LogP contribution >= 0.6 is 0 Å². The summed E-state index contributed by atoms with van der Waals surface area (Å²) in [5, 5.41) is 0. The molecule has 0 spiro atoms. The van der Waals surface area contributed by atoms with Gasteiger partial charge >= 0.3 is 6.18 Å². The van der Waals surface area contributed by atoms with Gasteiger partial charge in [0.05, 0.1) is 11.8 Å². The van der Waals surface area contributed by atoms with E-state index in [1.54, 1.807) is 0 Å². The Morgan fingerprint density at radius 2 is 1.91 bits per heavy atom. The number of carbonyl (C=O) groups is 1. The maximum absolute atomic E-state index is 12.4. The summed E-state index contributed by atoms with van der Waals surface area (Å²) in [6.07, 6.45) is -1.67. The average molecular weight is 351 g/mol. The van der Waals surface area contributed by atoms with Crippen LogP contribution in [0.3, 0.4) is 0 Å². The van der Waals surface area contributed by atoms with Crippen molar-refractivity contribution in [3.63, 3.8) is 0 Å². The third-order valence-corrected chi connectivity index (χ3v) is 4.23. The van der Waals surface area contributed by atoms with Gasteiger partial charge in [-0.15, -0.1) is 0 Å². The van der Waals surface area contributed by atoms with Crippen LogP contribution in [-0.2, 0) is 16.2 Å². The van der Waals surface area contributed by atoms with Crippen molar-refractivity contribution in [3.8, 4) is 0 Å². The van der Waals surface area contributed by atoms with E-state index in [-0.39, 0.29) is 11.6 Å². The van der Waals surface area contributed by atoms with Crippen molar-refractivity contribution in [3.05, 3.63) is 29.6 Å². The molecule has 0 bridgehead atoms. The summed E-state index contributed by atoms with van der Waals surface area (Å²) in [7, 11) is -3.30. The van der Waals surface area contributed by atoms with E-state index < -0.39 is 27.8 Å². The molecular formula is C13H16F3N3O3S. The minimum Gasteiger partial charge on any atom is -0.338 e. The number of nitrogens with one attached hydrogen (secondary N) is 1. The van der Waals surface area contributed by atoms with Gasteiger partial charge in [-0.1, -0.05) is 0 Å². The van der Waals surface area contributed by atoms with Gasteiger partial charge in [-0.25, -0.2) is 13.1 Å². The molecule has 1 aliphatic heterocycles. The van der Waals surface area contributed by atoms with Crippen molar-refractivity contribution in [2.45, 2.75) is 25.1 Å². The van der Waals surface area contributed by atoms with Gasteiger partial charge in [-0.3, -0.25) is 9.78 Å². The molecule has 23 heavy (non-hydrogen) atoms. The van der Waals surface area contributed by atoms with E-state index in [9.17, 15) is 26.4 Å². The summed E-state index contributed by atoms with van der Waals surface area (Å²) in [5.74, 6) is -0.413. The van der Waals surface area contributed by atoms with E-state index >= 15 is 0 Å². The maximum Gasteiger partial charge on any atom is 0.433 e. The van der Waals surface area contributed by atoms with E-state index in [0.29, 0.717) is 25.9 Å². The first-order valence-electron chi connectivity index (χ1n) is 6.86. The number of halogens is 3. The Kier molecular flexibility index (Phi) is 4.95. The van der Waals surface area contributed by atoms with Crippen molar-refractivity contribution < 1.29 is 26.4 Å². The van der Waals surface area contributed by atoms with Crippen molar-refractivity contribution in [1.82, 2.24) is 14.6 Å². The molecule has 0 radical (unpaired) electrons. The lowest BCUT2D eigenvalue weighted by molar-refractivity contribution is -0.141. The number of piperidine rings is 1. The molecule has 2 rings (SSSR count). The van der Waals surface area contributed by atoms with Crippen LogP contribution < -0.4 is 4.72 Å². The highest BCUT2D eigenvalue weighted by Gasteiger charge is 2.32. The van der Waals surface area contributed by atoms with Gasteiger partial charge in [0.1, 0.15) is 5.69 Å². The normalized spacial score (nSPS) is 17.3.